The van der Waals surface area contributed by atoms with Crippen LogP contribution in [0, 0.1) is 0 Å². The standard InChI is InChI=1S/C19H24N4O2/c24-11-3-9-20-19(25)22-13-15-6-7-18(21-12-15)23-10-8-16-4-1-2-5-17(16)14-23/h1-2,4-7,12,24H,3,8-11,13-14H2,(H2,20,22,25). The maximum atomic E-state index is 11.6. The number of hydrogen-bond acceptors (Lipinski definition) is 4. The first kappa shape index (κ1) is 17.2. The summed E-state index contributed by atoms with van der Waals surface area (Å²) in [6.45, 7) is 2.83. The van der Waals surface area contributed by atoms with E-state index in [-0.39, 0.29) is 12.6 Å². The summed E-state index contributed by atoms with van der Waals surface area (Å²) >= 11 is 0. The van der Waals surface area contributed by atoms with Crippen molar-refractivity contribution < 1.29 is 9.90 Å². The molecular weight excluding hydrogens is 316 g/mol. The van der Waals surface area contributed by atoms with E-state index >= 15 is 0 Å². The number of hydrogen-bond donors (Lipinski definition) is 3. The Balaban J connectivity index is 1.52. The molecule has 2 aromatic rings. The highest BCUT2D eigenvalue weighted by Gasteiger charge is 2.16. The second kappa shape index (κ2) is 8.48. The molecule has 0 fully saturated rings. The fraction of sp³-hybridized carbons (Fsp3) is 0.368. The summed E-state index contributed by atoms with van der Waals surface area (Å²) < 4.78 is 0. The Labute approximate surface area is 147 Å². The molecule has 3 rings (SSSR count). The Morgan fingerprint density at radius 3 is 2.76 bits per heavy atom. The average molecular weight is 340 g/mol. The minimum atomic E-state index is -0.231. The summed E-state index contributed by atoms with van der Waals surface area (Å²) in [5, 5.41) is 14.2. The Bertz CT molecular complexity index is 703. The van der Waals surface area contributed by atoms with Crippen LogP contribution < -0.4 is 15.5 Å². The van der Waals surface area contributed by atoms with E-state index in [0.717, 1.165) is 30.9 Å². The molecule has 0 spiro atoms. The molecule has 1 aromatic heterocycles. The molecular formula is C19H24N4O2. The van der Waals surface area contributed by atoms with E-state index in [9.17, 15) is 4.79 Å². The van der Waals surface area contributed by atoms with E-state index in [1.54, 1.807) is 0 Å². The average Bonchev–Trinajstić information content (AvgIpc) is 2.66. The van der Waals surface area contributed by atoms with Crippen molar-refractivity contribution >= 4 is 11.8 Å². The number of aliphatic hydroxyl groups is 1. The quantitative estimate of drug-likeness (QED) is 0.701. The molecule has 25 heavy (non-hydrogen) atoms. The topological polar surface area (TPSA) is 77.5 Å². The lowest BCUT2D eigenvalue weighted by Gasteiger charge is -2.29. The zero-order valence-electron chi connectivity index (χ0n) is 14.2. The molecule has 2 amide bonds. The summed E-state index contributed by atoms with van der Waals surface area (Å²) in [4.78, 5) is 18.4. The number of nitrogens with one attached hydrogen (secondary N) is 2. The maximum Gasteiger partial charge on any atom is 0.315 e. The maximum absolute atomic E-state index is 11.6. The van der Waals surface area contributed by atoms with Crippen molar-refractivity contribution in [3.8, 4) is 0 Å². The monoisotopic (exact) mass is 340 g/mol. The van der Waals surface area contributed by atoms with E-state index in [1.807, 2.05) is 18.3 Å². The van der Waals surface area contributed by atoms with Gasteiger partial charge in [-0.05, 0) is 35.6 Å². The summed E-state index contributed by atoms with van der Waals surface area (Å²) in [7, 11) is 0. The first-order chi connectivity index (χ1) is 12.3. The van der Waals surface area contributed by atoms with Crippen LogP contribution in [0.2, 0.25) is 0 Å². The third-order valence-corrected chi connectivity index (χ3v) is 4.34. The summed E-state index contributed by atoms with van der Waals surface area (Å²) in [5.74, 6) is 0.964. The molecule has 0 aliphatic carbocycles. The normalized spacial score (nSPS) is 13.2. The molecule has 6 nitrogen and oxygen atoms in total. The lowest BCUT2D eigenvalue weighted by Crippen LogP contribution is -2.35. The van der Waals surface area contributed by atoms with E-state index in [1.165, 1.54) is 11.1 Å². The van der Waals surface area contributed by atoms with Crippen LogP contribution in [0.3, 0.4) is 0 Å². The molecule has 0 atom stereocenters. The van der Waals surface area contributed by atoms with Gasteiger partial charge in [0.2, 0.25) is 0 Å². The minimum Gasteiger partial charge on any atom is -0.396 e. The molecule has 132 valence electrons. The molecule has 0 unspecified atom stereocenters. The van der Waals surface area contributed by atoms with Crippen LogP contribution in [0.25, 0.3) is 0 Å². The smallest absolute Gasteiger partial charge is 0.315 e. The number of aliphatic hydroxyl groups excluding tert-OH is 1. The Kier molecular flexibility index (Phi) is 5.85. The van der Waals surface area contributed by atoms with Gasteiger partial charge in [-0.25, -0.2) is 9.78 Å². The number of rotatable bonds is 6. The molecule has 6 heteroatoms. The fourth-order valence-electron chi connectivity index (χ4n) is 2.93. The van der Waals surface area contributed by atoms with Crippen molar-refractivity contribution in [2.75, 3.05) is 24.6 Å². The number of carbonyl (C=O) groups excluding carboxylic acids is 1. The van der Waals surface area contributed by atoms with Crippen LogP contribution >= 0.6 is 0 Å². The molecule has 0 saturated heterocycles. The predicted molar refractivity (Wildman–Crippen MR) is 97.4 cm³/mol. The first-order valence-electron chi connectivity index (χ1n) is 8.65. The summed E-state index contributed by atoms with van der Waals surface area (Å²) in [5.41, 5.74) is 3.74. The van der Waals surface area contributed by atoms with Crippen LogP contribution in [0.4, 0.5) is 10.6 Å². The van der Waals surface area contributed by atoms with Crippen LogP contribution in [0.1, 0.15) is 23.1 Å². The highest BCUT2D eigenvalue weighted by Crippen LogP contribution is 2.22. The number of nitrogens with zero attached hydrogens (tertiary/aromatic N) is 2. The van der Waals surface area contributed by atoms with E-state index in [0.29, 0.717) is 19.5 Å². The van der Waals surface area contributed by atoms with Gasteiger partial charge in [0.25, 0.3) is 0 Å². The Hall–Kier alpha value is -2.60. The van der Waals surface area contributed by atoms with Gasteiger partial charge in [-0.1, -0.05) is 30.3 Å². The Morgan fingerprint density at radius 2 is 2.00 bits per heavy atom. The molecule has 1 aromatic carbocycles. The van der Waals surface area contributed by atoms with Crippen LogP contribution in [-0.2, 0) is 19.5 Å². The number of aromatic nitrogens is 1. The molecule has 0 bridgehead atoms. The number of amides is 2. The van der Waals surface area contributed by atoms with Crippen molar-refractivity contribution in [2.45, 2.75) is 25.9 Å². The molecule has 3 N–H and O–H groups in total. The van der Waals surface area contributed by atoms with Crippen molar-refractivity contribution in [2.24, 2.45) is 0 Å². The van der Waals surface area contributed by atoms with Crippen LogP contribution in [-0.4, -0.2) is 35.8 Å². The summed E-state index contributed by atoms with van der Waals surface area (Å²) in [6.07, 6.45) is 3.40. The molecule has 2 heterocycles. The minimum absolute atomic E-state index is 0.0760. The highest BCUT2D eigenvalue weighted by atomic mass is 16.3. The fourth-order valence-corrected chi connectivity index (χ4v) is 2.93. The van der Waals surface area contributed by atoms with Gasteiger partial charge >= 0.3 is 6.03 Å². The van der Waals surface area contributed by atoms with Gasteiger partial charge in [-0.15, -0.1) is 0 Å². The largest absolute Gasteiger partial charge is 0.396 e. The lowest BCUT2D eigenvalue weighted by molar-refractivity contribution is 0.237. The zero-order valence-corrected chi connectivity index (χ0v) is 14.2. The van der Waals surface area contributed by atoms with Crippen LogP contribution in [0.15, 0.2) is 42.6 Å². The van der Waals surface area contributed by atoms with E-state index < -0.39 is 0 Å². The number of fused-ring (bicyclic) bond motifs is 1. The van der Waals surface area contributed by atoms with Crippen LogP contribution in [0.5, 0.6) is 0 Å². The van der Waals surface area contributed by atoms with Gasteiger partial charge in [0, 0.05) is 39.0 Å². The predicted octanol–water partition coefficient (Wildman–Crippen LogP) is 1.83. The number of pyridine rings is 1. The van der Waals surface area contributed by atoms with Crippen molar-refractivity contribution in [1.82, 2.24) is 15.6 Å². The second-order valence-corrected chi connectivity index (χ2v) is 6.15. The number of benzene rings is 1. The molecule has 1 aliphatic heterocycles. The van der Waals surface area contributed by atoms with Gasteiger partial charge in [0.15, 0.2) is 0 Å². The second-order valence-electron chi connectivity index (χ2n) is 6.15. The number of carbonyl (C=O) groups is 1. The van der Waals surface area contributed by atoms with Gasteiger partial charge in [-0.2, -0.15) is 0 Å². The number of anilines is 1. The first-order valence-corrected chi connectivity index (χ1v) is 8.65. The lowest BCUT2D eigenvalue weighted by atomic mass is 10.00. The van der Waals surface area contributed by atoms with E-state index in [4.69, 9.17) is 5.11 Å². The van der Waals surface area contributed by atoms with Gasteiger partial charge in [0.1, 0.15) is 5.82 Å². The van der Waals surface area contributed by atoms with Crippen molar-refractivity contribution in [3.63, 3.8) is 0 Å². The van der Waals surface area contributed by atoms with Gasteiger partial charge in [-0.3, -0.25) is 0 Å². The highest BCUT2D eigenvalue weighted by molar-refractivity contribution is 5.73. The third kappa shape index (κ3) is 4.70. The number of urea groups is 1. The zero-order chi connectivity index (χ0) is 17.5. The molecule has 0 radical (unpaired) electrons. The van der Waals surface area contributed by atoms with Crippen molar-refractivity contribution in [1.29, 1.82) is 0 Å². The molecule has 1 aliphatic rings. The SMILES string of the molecule is O=C(NCCCO)NCc1ccc(N2CCc3ccccc3C2)nc1. The van der Waals surface area contributed by atoms with Gasteiger partial charge in [0.05, 0.1) is 0 Å². The van der Waals surface area contributed by atoms with Gasteiger partial charge < -0.3 is 20.6 Å². The Morgan fingerprint density at radius 1 is 1.16 bits per heavy atom. The third-order valence-electron chi connectivity index (χ3n) is 4.34. The summed E-state index contributed by atoms with van der Waals surface area (Å²) in [6, 6.07) is 12.3. The van der Waals surface area contributed by atoms with Crippen molar-refractivity contribution in [3.05, 3.63) is 59.3 Å². The van der Waals surface area contributed by atoms with E-state index in [2.05, 4.69) is 44.8 Å². The molecule has 0 saturated carbocycles.